The lowest BCUT2D eigenvalue weighted by Gasteiger charge is -2.32. The Hall–Kier alpha value is -1.06. The van der Waals surface area contributed by atoms with Crippen molar-refractivity contribution in [3.8, 4) is 0 Å². The lowest BCUT2D eigenvalue weighted by Crippen LogP contribution is -2.44. The fourth-order valence-corrected chi connectivity index (χ4v) is 3.67. The summed E-state index contributed by atoms with van der Waals surface area (Å²) >= 11 is 0. The number of hydrogen-bond acceptors (Lipinski definition) is 4. The number of halogens is 1. The number of nitrogens with one attached hydrogen (secondary N) is 2. The molecular weight excluding hydrogens is 479 g/mol. The predicted octanol–water partition coefficient (Wildman–Crippen LogP) is 3.40. The molecule has 1 aromatic carbocycles. The van der Waals surface area contributed by atoms with Crippen LogP contribution in [-0.2, 0) is 16.0 Å². The summed E-state index contributed by atoms with van der Waals surface area (Å²) in [5.74, 6) is 1.66. The van der Waals surface area contributed by atoms with E-state index in [1.165, 1.54) is 37.2 Å². The molecule has 0 aliphatic carbocycles. The van der Waals surface area contributed by atoms with Gasteiger partial charge in [-0.15, -0.1) is 24.0 Å². The summed E-state index contributed by atoms with van der Waals surface area (Å²) in [6, 6.07) is 9.09. The zero-order valence-corrected chi connectivity index (χ0v) is 20.4. The Balaban J connectivity index is 0.00000300. The van der Waals surface area contributed by atoms with E-state index in [1.54, 1.807) is 7.05 Å². The van der Waals surface area contributed by atoms with E-state index in [4.69, 9.17) is 9.47 Å². The molecular formula is C22H37IN4O2. The first-order valence-corrected chi connectivity index (χ1v) is 10.6. The molecule has 3 rings (SSSR count). The van der Waals surface area contributed by atoms with Gasteiger partial charge >= 0.3 is 0 Å². The number of ether oxygens (including phenoxy) is 2. The predicted molar refractivity (Wildman–Crippen MR) is 130 cm³/mol. The number of piperidine rings is 1. The second-order valence-corrected chi connectivity index (χ2v) is 8.13. The van der Waals surface area contributed by atoms with Crippen LogP contribution in [0, 0.1) is 5.92 Å². The first-order chi connectivity index (χ1) is 13.6. The second kappa shape index (κ2) is 12.6. The minimum absolute atomic E-state index is 0. The maximum Gasteiger partial charge on any atom is 0.191 e. The lowest BCUT2D eigenvalue weighted by molar-refractivity contribution is 0.0347. The number of rotatable bonds is 7. The molecule has 0 radical (unpaired) electrons. The summed E-state index contributed by atoms with van der Waals surface area (Å²) in [5.41, 5.74) is 2.59. The molecule has 2 saturated heterocycles. The van der Waals surface area contributed by atoms with Gasteiger partial charge < -0.3 is 25.0 Å². The number of nitrogens with zero attached hydrogens (tertiary/aromatic N) is 2. The molecule has 164 valence electrons. The quantitative estimate of drug-likeness (QED) is 0.331. The summed E-state index contributed by atoms with van der Waals surface area (Å²) in [4.78, 5) is 6.82. The normalized spacial score (nSPS) is 21.6. The fourth-order valence-electron chi connectivity index (χ4n) is 3.67. The first-order valence-electron chi connectivity index (χ1n) is 10.6. The van der Waals surface area contributed by atoms with Gasteiger partial charge in [-0.2, -0.15) is 0 Å². The van der Waals surface area contributed by atoms with Crippen molar-refractivity contribution in [2.75, 3.05) is 44.9 Å². The third-order valence-corrected chi connectivity index (χ3v) is 5.62. The highest BCUT2D eigenvalue weighted by molar-refractivity contribution is 14.0. The SMILES string of the molecule is CN=C(NCc1ccc(N2CCC(C)CC2)cc1)NC(C)COC1CCOC1.I. The molecule has 0 bridgehead atoms. The van der Waals surface area contributed by atoms with Gasteiger partial charge in [-0.3, -0.25) is 4.99 Å². The van der Waals surface area contributed by atoms with Gasteiger partial charge in [0.15, 0.2) is 5.96 Å². The average Bonchev–Trinajstić information content (AvgIpc) is 3.24. The molecule has 2 fully saturated rings. The Morgan fingerprint density at radius 1 is 1.24 bits per heavy atom. The van der Waals surface area contributed by atoms with Crippen LogP contribution in [0.3, 0.4) is 0 Å². The van der Waals surface area contributed by atoms with Gasteiger partial charge in [-0.25, -0.2) is 0 Å². The molecule has 2 aliphatic heterocycles. The molecule has 2 atom stereocenters. The molecule has 6 nitrogen and oxygen atoms in total. The van der Waals surface area contributed by atoms with E-state index in [2.05, 4.69) is 58.6 Å². The van der Waals surface area contributed by atoms with Gasteiger partial charge in [0, 0.05) is 45.0 Å². The van der Waals surface area contributed by atoms with Crippen LogP contribution >= 0.6 is 24.0 Å². The van der Waals surface area contributed by atoms with Gasteiger partial charge in [-0.1, -0.05) is 19.1 Å². The Bertz CT molecular complexity index is 612. The number of benzene rings is 1. The number of guanidine groups is 1. The molecule has 2 heterocycles. The van der Waals surface area contributed by atoms with Gasteiger partial charge in [0.25, 0.3) is 0 Å². The lowest BCUT2D eigenvalue weighted by atomic mass is 9.99. The van der Waals surface area contributed by atoms with Crippen molar-refractivity contribution >= 4 is 35.6 Å². The molecule has 2 aliphatic rings. The van der Waals surface area contributed by atoms with Crippen LogP contribution in [0.5, 0.6) is 0 Å². The molecule has 0 spiro atoms. The van der Waals surface area contributed by atoms with Crippen LogP contribution in [0.25, 0.3) is 0 Å². The van der Waals surface area contributed by atoms with Crippen molar-refractivity contribution in [1.29, 1.82) is 0 Å². The molecule has 0 aromatic heterocycles. The van der Waals surface area contributed by atoms with Gasteiger partial charge in [-0.05, 0) is 49.8 Å². The standard InChI is InChI=1S/C22H36N4O2.HI/c1-17-8-11-26(12-9-17)20-6-4-19(5-7-20)14-24-22(23-3)25-18(2)15-28-21-10-13-27-16-21;/h4-7,17-18,21H,8-16H2,1-3H3,(H2,23,24,25);1H. The van der Waals surface area contributed by atoms with Crippen molar-refractivity contribution in [1.82, 2.24) is 10.6 Å². The number of anilines is 1. The third kappa shape index (κ3) is 7.94. The molecule has 0 amide bonds. The van der Waals surface area contributed by atoms with E-state index in [-0.39, 0.29) is 36.1 Å². The molecule has 1 aromatic rings. The summed E-state index contributed by atoms with van der Waals surface area (Å²) in [6.45, 7) is 9.72. The van der Waals surface area contributed by atoms with E-state index in [9.17, 15) is 0 Å². The van der Waals surface area contributed by atoms with Crippen LogP contribution in [0.2, 0.25) is 0 Å². The van der Waals surface area contributed by atoms with Crippen LogP contribution in [0.4, 0.5) is 5.69 Å². The summed E-state index contributed by atoms with van der Waals surface area (Å²) in [7, 11) is 1.80. The largest absolute Gasteiger partial charge is 0.379 e. The number of hydrogen-bond donors (Lipinski definition) is 2. The highest BCUT2D eigenvalue weighted by Crippen LogP contribution is 2.23. The highest BCUT2D eigenvalue weighted by atomic mass is 127. The van der Waals surface area contributed by atoms with E-state index < -0.39 is 0 Å². The minimum Gasteiger partial charge on any atom is -0.379 e. The van der Waals surface area contributed by atoms with Gasteiger partial charge in [0.1, 0.15) is 0 Å². The van der Waals surface area contributed by atoms with Crippen molar-refractivity contribution < 1.29 is 9.47 Å². The fraction of sp³-hybridized carbons (Fsp3) is 0.682. The highest BCUT2D eigenvalue weighted by Gasteiger charge is 2.18. The number of aliphatic imine (C=N–C) groups is 1. The monoisotopic (exact) mass is 516 g/mol. The Morgan fingerprint density at radius 2 is 1.97 bits per heavy atom. The first kappa shape index (κ1) is 24.2. The minimum atomic E-state index is 0. The summed E-state index contributed by atoms with van der Waals surface area (Å²) in [6.07, 6.45) is 3.81. The second-order valence-electron chi connectivity index (χ2n) is 8.13. The Kier molecular flexibility index (Phi) is 10.5. The maximum absolute atomic E-state index is 5.88. The molecule has 0 saturated carbocycles. The summed E-state index contributed by atoms with van der Waals surface area (Å²) < 4.78 is 11.2. The summed E-state index contributed by atoms with van der Waals surface area (Å²) in [5, 5.41) is 6.79. The van der Waals surface area contributed by atoms with E-state index in [1.807, 2.05) is 0 Å². The topological polar surface area (TPSA) is 58.1 Å². The van der Waals surface area contributed by atoms with E-state index >= 15 is 0 Å². The van der Waals surface area contributed by atoms with Gasteiger partial charge in [0.05, 0.1) is 19.3 Å². The van der Waals surface area contributed by atoms with Crippen LogP contribution in [0.1, 0.15) is 38.7 Å². The molecule has 2 N–H and O–H groups in total. The van der Waals surface area contributed by atoms with E-state index in [0.29, 0.717) is 13.2 Å². The van der Waals surface area contributed by atoms with E-state index in [0.717, 1.165) is 31.4 Å². The average molecular weight is 516 g/mol. The maximum atomic E-state index is 5.88. The van der Waals surface area contributed by atoms with Crippen LogP contribution < -0.4 is 15.5 Å². The Labute approximate surface area is 192 Å². The third-order valence-electron chi connectivity index (χ3n) is 5.62. The van der Waals surface area contributed by atoms with Crippen molar-refractivity contribution in [3.05, 3.63) is 29.8 Å². The van der Waals surface area contributed by atoms with Crippen LogP contribution in [-0.4, -0.2) is 58.1 Å². The van der Waals surface area contributed by atoms with Crippen molar-refractivity contribution in [2.24, 2.45) is 10.9 Å². The smallest absolute Gasteiger partial charge is 0.191 e. The Morgan fingerprint density at radius 3 is 2.59 bits per heavy atom. The van der Waals surface area contributed by atoms with Crippen LogP contribution in [0.15, 0.2) is 29.3 Å². The van der Waals surface area contributed by atoms with Crippen molar-refractivity contribution in [2.45, 2.75) is 51.8 Å². The van der Waals surface area contributed by atoms with Gasteiger partial charge in [0.2, 0.25) is 0 Å². The molecule has 7 heteroatoms. The zero-order chi connectivity index (χ0) is 19.8. The zero-order valence-electron chi connectivity index (χ0n) is 18.0. The molecule has 29 heavy (non-hydrogen) atoms. The van der Waals surface area contributed by atoms with Crippen molar-refractivity contribution in [3.63, 3.8) is 0 Å². The molecule has 2 unspecified atom stereocenters.